The zero-order valence-corrected chi connectivity index (χ0v) is 12.9. The number of halogens is 1. The number of hydrogen-bond acceptors (Lipinski definition) is 5. The second kappa shape index (κ2) is 6.58. The lowest BCUT2D eigenvalue weighted by Gasteiger charge is -2.07. The number of carbonyl (C=O) groups is 2. The zero-order chi connectivity index (χ0) is 14.5. The quantitative estimate of drug-likeness (QED) is 0.879. The van der Waals surface area contributed by atoms with Gasteiger partial charge in [-0.1, -0.05) is 16.6 Å². The fourth-order valence-corrected chi connectivity index (χ4v) is 2.39. The molecule has 1 aromatic heterocycles. The van der Waals surface area contributed by atoms with E-state index in [1.165, 1.54) is 0 Å². The Morgan fingerprint density at radius 2 is 2.10 bits per heavy atom. The zero-order valence-electron chi connectivity index (χ0n) is 10.5. The Morgan fingerprint density at radius 1 is 1.35 bits per heavy atom. The van der Waals surface area contributed by atoms with Gasteiger partial charge in [0, 0.05) is 4.47 Å². The van der Waals surface area contributed by atoms with Gasteiger partial charge in [-0.15, -0.1) is 5.10 Å². The molecule has 0 saturated carbocycles. The molecule has 8 heteroatoms. The number of nitrogens with one attached hydrogen (secondary N) is 2. The number of carbonyl (C=O) groups excluding carboxylic acids is 2. The predicted molar refractivity (Wildman–Crippen MR) is 79.8 cm³/mol. The Morgan fingerprint density at radius 3 is 2.75 bits per heavy atom. The minimum Gasteiger partial charge on any atom is -0.342 e. The summed E-state index contributed by atoms with van der Waals surface area (Å²) in [6, 6.07) is 7.24. The molecular formula is C12H11BrN4O2S. The van der Waals surface area contributed by atoms with Crippen molar-refractivity contribution in [3.8, 4) is 0 Å². The molecule has 1 heterocycles. The molecule has 0 aliphatic rings. The van der Waals surface area contributed by atoms with Crippen LogP contribution in [0, 0.1) is 6.92 Å². The second-order valence-corrected chi connectivity index (χ2v) is 5.51. The van der Waals surface area contributed by atoms with Crippen LogP contribution in [0.1, 0.15) is 15.4 Å². The number of aromatic nitrogens is 2. The molecule has 0 atom stereocenters. The maximum Gasteiger partial charge on any atom is 0.265 e. The molecule has 0 bridgehead atoms. The van der Waals surface area contributed by atoms with Crippen molar-refractivity contribution in [2.24, 2.45) is 0 Å². The van der Waals surface area contributed by atoms with Crippen LogP contribution in [0.3, 0.4) is 0 Å². The summed E-state index contributed by atoms with van der Waals surface area (Å²) in [7, 11) is 0. The first-order valence-corrected chi connectivity index (χ1v) is 7.26. The lowest BCUT2D eigenvalue weighted by molar-refractivity contribution is -0.115. The maximum atomic E-state index is 11.8. The minimum absolute atomic E-state index is 0.114. The topological polar surface area (TPSA) is 84.0 Å². The Kier molecular flexibility index (Phi) is 4.80. The highest BCUT2D eigenvalue weighted by atomic mass is 79.9. The molecule has 6 nitrogen and oxygen atoms in total. The molecule has 2 amide bonds. The van der Waals surface area contributed by atoms with E-state index in [0.717, 1.165) is 16.0 Å². The molecule has 0 radical (unpaired) electrons. The summed E-state index contributed by atoms with van der Waals surface area (Å²) in [6.45, 7) is 1.58. The number of rotatable bonds is 4. The summed E-state index contributed by atoms with van der Waals surface area (Å²) < 4.78 is 4.45. The van der Waals surface area contributed by atoms with E-state index in [2.05, 4.69) is 36.2 Å². The first-order chi connectivity index (χ1) is 9.58. The molecule has 0 aliphatic heterocycles. The van der Waals surface area contributed by atoms with Gasteiger partial charge in [-0.05, 0) is 46.5 Å². The van der Waals surface area contributed by atoms with E-state index >= 15 is 0 Å². The molecular weight excluding hydrogens is 344 g/mol. The van der Waals surface area contributed by atoms with Crippen LogP contribution in [0.2, 0.25) is 0 Å². The van der Waals surface area contributed by atoms with Crippen LogP contribution in [-0.2, 0) is 4.79 Å². The molecule has 20 heavy (non-hydrogen) atoms. The smallest absolute Gasteiger partial charge is 0.265 e. The summed E-state index contributed by atoms with van der Waals surface area (Å²) >= 11 is 4.33. The van der Waals surface area contributed by atoms with E-state index in [1.807, 2.05) is 18.2 Å². The number of anilines is 1. The Labute approximate surface area is 127 Å². The molecule has 104 valence electrons. The number of hydrogen-bond donors (Lipinski definition) is 2. The molecule has 2 N–H and O–H groups in total. The van der Waals surface area contributed by atoms with E-state index in [9.17, 15) is 9.59 Å². The number of aryl methyl sites for hydroxylation is 1. The van der Waals surface area contributed by atoms with Crippen molar-refractivity contribution >= 4 is 45.0 Å². The first-order valence-electron chi connectivity index (χ1n) is 5.69. The van der Waals surface area contributed by atoms with Gasteiger partial charge < -0.3 is 10.6 Å². The highest BCUT2D eigenvalue weighted by Gasteiger charge is 2.14. The average Bonchev–Trinajstić information content (AvgIpc) is 2.85. The predicted octanol–water partition coefficient (Wildman–Crippen LogP) is 1.98. The molecule has 0 aliphatic carbocycles. The van der Waals surface area contributed by atoms with E-state index in [-0.39, 0.29) is 18.4 Å². The third-order valence-corrected chi connectivity index (χ3v) is 3.93. The van der Waals surface area contributed by atoms with E-state index < -0.39 is 0 Å². The standard InChI is InChI=1S/C12H11BrN4O2S/c1-7-11(20-17-16-7)12(19)14-6-10(18)15-9-5-3-2-4-8(9)13/h2-5H,6H2,1H3,(H,14,19)(H,15,18). The van der Waals surface area contributed by atoms with Gasteiger partial charge in [-0.25, -0.2) is 0 Å². The fourth-order valence-electron chi connectivity index (χ4n) is 1.44. The molecule has 0 saturated heterocycles. The van der Waals surface area contributed by atoms with Gasteiger partial charge in [-0.2, -0.15) is 0 Å². The van der Waals surface area contributed by atoms with E-state index in [4.69, 9.17) is 0 Å². The fraction of sp³-hybridized carbons (Fsp3) is 0.167. The third-order valence-electron chi connectivity index (χ3n) is 2.42. The molecule has 0 spiro atoms. The summed E-state index contributed by atoms with van der Waals surface area (Å²) in [6.07, 6.45) is 0. The van der Waals surface area contributed by atoms with Crippen LogP contribution in [0.5, 0.6) is 0 Å². The summed E-state index contributed by atoms with van der Waals surface area (Å²) in [4.78, 5) is 23.9. The monoisotopic (exact) mass is 354 g/mol. The van der Waals surface area contributed by atoms with Crippen molar-refractivity contribution in [2.45, 2.75) is 6.92 Å². The molecule has 2 aromatic rings. The van der Waals surface area contributed by atoms with Crippen LogP contribution in [0.25, 0.3) is 0 Å². The van der Waals surface area contributed by atoms with Gasteiger partial charge >= 0.3 is 0 Å². The van der Waals surface area contributed by atoms with Gasteiger partial charge in [0.1, 0.15) is 4.88 Å². The highest BCUT2D eigenvalue weighted by molar-refractivity contribution is 9.10. The Hall–Kier alpha value is -1.80. The van der Waals surface area contributed by atoms with Crippen LogP contribution in [0.15, 0.2) is 28.7 Å². The first kappa shape index (κ1) is 14.6. The van der Waals surface area contributed by atoms with Crippen LogP contribution >= 0.6 is 27.5 Å². The lowest BCUT2D eigenvalue weighted by atomic mass is 10.3. The van der Waals surface area contributed by atoms with Crippen molar-refractivity contribution in [2.75, 3.05) is 11.9 Å². The number of benzene rings is 1. The Bertz CT molecular complexity index is 644. The molecule has 1 aromatic carbocycles. The summed E-state index contributed by atoms with van der Waals surface area (Å²) in [5.41, 5.74) is 1.21. The summed E-state index contributed by atoms with van der Waals surface area (Å²) in [5.74, 6) is -0.653. The van der Waals surface area contributed by atoms with Crippen molar-refractivity contribution < 1.29 is 9.59 Å². The van der Waals surface area contributed by atoms with Gasteiger partial charge in [0.05, 0.1) is 17.9 Å². The Balaban J connectivity index is 1.89. The largest absolute Gasteiger partial charge is 0.342 e. The molecule has 0 fully saturated rings. The number of para-hydroxylation sites is 1. The molecule has 2 rings (SSSR count). The van der Waals surface area contributed by atoms with Gasteiger partial charge in [-0.3, -0.25) is 9.59 Å². The third kappa shape index (κ3) is 3.61. The van der Waals surface area contributed by atoms with Crippen molar-refractivity contribution in [3.05, 3.63) is 39.3 Å². The maximum absolute atomic E-state index is 11.8. The average molecular weight is 355 g/mol. The number of nitrogens with zero attached hydrogens (tertiary/aromatic N) is 2. The van der Waals surface area contributed by atoms with E-state index in [0.29, 0.717) is 16.3 Å². The van der Waals surface area contributed by atoms with Crippen LogP contribution < -0.4 is 10.6 Å². The second-order valence-electron chi connectivity index (χ2n) is 3.90. The van der Waals surface area contributed by atoms with Crippen LogP contribution in [0.4, 0.5) is 5.69 Å². The summed E-state index contributed by atoms with van der Waals surface area (Å²) in [5, 5.41) is 8.97. The number of amides is 2. The van der Waals surface area contributed by atoms with Gasteiger partial charge in [0.2, 0.25) is 5.91 Å². The minimum atomic E-state index is -0.347. The SMILES string of the molecule is Cc1nnsc1C(=O)NCC(=O)Nc1ccccc1Br. The normalized spacial score (nSPS) is 10.1. The van der Waals surface area contributed by atoms with E-state index in [1.54, 1.807) is 13.0 Å². The highest BCUT2D eigenvalue weighted by Crippen LogP contribution is 2.20. The van der Waals surface area contributed by atoms with Crippen molar-refractivity contribution in [3.63, 3.8) is 0 Å². The van der Waals surface area contributed by atoms with Crippen molar-refractivity contribution in [1.82, 2.24) is 14.9 Å². The van der Waals surface area contributed by atoms with Crippen LogP contribution in [-0.4, -0.2) is 27.9 Å². The lowest BCUT2D eigenvalue weighted by Crippen LogP contribution is -2.32. The molecule has 0 unspecified atom stereocenters. The van der Waals surface area contributed by atoms with Crippen molar-refractivity contribution in [1.29, 1.82) is 0 Å². The van der Waals surface area contributed by atoms with Gasteiger partial charge in [0.25, 0.3) is 5.91 Å². The van der Waals surface area contributed by atoms with Gasteiger partial charge in [0.15, 0.2) is 0 Å².